The maximum Gasteiger partial charge on any atom is 0.472 e. The number of unbranched alkanes of at least 4 members (excludes halogenated alkanes) is 18. The van der Waals surface area contributed by atoms with Crippen molar-refractivity contribution in [1.82, 2.24) is 0 Å². The maximum atomic E-state index is 12.7. The van der Waals surface area contributed by atoms with Gasteiger partial charge in [-0.05, 0) is 63.9 Å². The molecule has 320 valence electrons. The smallest absolute Gasteiger partial charge is 0.472 e. The molecule has 0 saturated carbocycles. The first-order valence-electron chi connectivity index (χ1n) is 22.1. The van der Waals surface area contributed by atoms with Crippen LogP contribution >= 0.6 is 7.82 Å². The van der Waals surface area contributed by atoms with Crippen molar-refractivity contribution < 1.29 is 37.3 Å². The molecule has 0 radical (unpaired) electrons. The fourth-order valence-electron chi connectivity index (χ4n) is 5.69. The van der Waals surface area contributed by atoms with Crippen LogP contribution in [0.3, 0.4) is 0 Å². The highest BCUT2D eigenvalue weighted by Gasteiger charge is 2.26. The second kappa shape index (κ2) is 38.9. The van der Waals surface area contributed by atoms with E-state index in [1.165, 1.54) is 109 Å². The molecule has 55 heavy (non-hydrogen) atoms. The van der Waals surface area contributed by atoms with Gasteiger partial charge in [-0.25, -0.2) is 4.57 Å². The predicted molar refractivity (Wildman–Crippen MR) is 233 cm³/mol. The summed E-state index contributed by atoms with van der Waals surface area (Å²) in [5.74, 6) is -0.391. The molecule has 0 amide bonds. The number of ether oxygens (including phenoxy) is 2. The van der Waals surface area contributed by atoms with E-state index in [1.807, 2.05) is 27.2 Å². The predicted octanol–water partition coefficient (Wildman–Crippen LogP) is 13.3. The zero-order valence-corrected chi connectivity index (χ0v) is 37.0. The Morgan fingerprint density at radius 2 is 1.02 bits per heavy atom. The number of nitrogens with zero attached hydrogens (tertiary/aromatic N) is 1. The first-order valence-corrected chi connectivity index (χ1v) is 23.6. The molecular weight excluding hydrogens is 709 g/mol. The fourth-order valence-corrected chi connectivity index (χ4v) is 6.43. The lowest BCUT2D eigenvalue weighted by atomic mass is 10.0. The van der Waals surface area contributed by atoms with Gasteiger partial charge in [0.05, 0.1) is 34.0 Å². The topological polar surface area (TPSA) is 91.3 Å². The van der Waals surface area contributed by atoms with E-state index in [0.717, 1.165) is 38.5 Å². The van der Waals surface area contributed by atoms with Crippen LogP contribution in [0.5, 0.6) is 0 Å². The molecule has 0 spiro atoms. The minimum absolute atomic E-state index is 0.0248. The van der Waals surface area contributed by atoms with E-state index in [9.17, 15) is 14.3 Å². The first kappa shape index (κ1) is 53.0. The Balaban J connectivity index is 4.39. The number of hydrogen-bond acceptors (Lipinski definition) is 6. The lowest BCUT2D eigenvalue weighted by molar-refractivity contribution is -0.870. The van der Waals surface area contributed by atoms with Gasteiger partial charge in [-0.15, -0.1) is 0 Å². The Bertz CT molecular complexity index is 1060. The summed E-state index contributed by atoms with van der Waals surface area (Å²) in [5, 5.41) is 0. The van der Waals surface area contributed by atoms with Crippen LogP contribution in [0.2, 0.25) is 0 Å². The minimum atomic E-state index is -4.31. The van der Waals surface area contributed by atoms with E-state index in [2.05, 4.69) is 62.5 Å². The summed E-state index contributed by atoms with van der Waals surface area (Å²) < 4.78 is 34.7. The quantitative estimate of drug-likeness (QED) is 0.0165. The SMILES string of the molecule is CCCCC/C=C\C/C=C\C/C=C\C/C=C\CCCC(=O)O[C@H](CO/C=C\CCCCCCCCCCCCCCCC)COP(=O)(O)OCC[N+](C)(C)C. The van der Waals surface area contributed by atoms with Gasteiger partial charge in [0.1, 0.15) is 19.8 Å². The lowest BCUT2D eigenvalue weighted by Crippen LogP contribution is -2.37. The summed E-state index contributed by atoms with van der Waals surface area (Å²) in [6.07, 6.45) is 49.3. The number of esters is 1. The monoisotopic (exact) mass is 795 g/mol. The highest BCUT2D eigenvalue weighted by atomic mass is 31.2. The molecule has 1 N–H and O–H groups in total. The Kier molecular flexibility index (Phi) is 37.5. The molecule has 0 aliphatic rings. The molecule has 0 aromatic rings. The van der Waals surface area contributed by atoms with Crippen LogP contribution in [-0.4, -0.2) is 69.0 Å². The summed E-state index contributed by atoms with van der Waals surface area (Å²) in [7, 11) is 1.60. The van der Waals surface area contributed by atoms with Gasteiger partial charge >= 0.3 is 13.8 Å². The van der Waals surface area contributed by atoms with E-state index in [-0.39, 0.29) is 26.2 Å². The molecule has 8 nitrogen and oxygen atoms in total. The van der Waals surface area contributed by atoms with Crippen molar-refractivity contribution in [3.05, 3.63) is 60.9 Å². The summed E-state index contributed by atoms with van der Waals surface area (Å²) in [4.78, 5) is 22.8. The lowest BCUT2D eigenvalue weighted by Gasteiger charge is -2.24. The second-order valence-corrected chi connectivity index (χ2v) is 17.2. The number of allylic oxidation sites excluding steroid dienone is 9. The Labute approximate surface area is 339 Å². The van der Waals surface area contributed by atoms with Crippen molar-refractivity contribution in [3.63, 3.8) is 0 Å². The van der Waals surface area contributed by atoms with Crippen molar-refractivity contribution in [2.75, 3.05) is 47.5 Å². The molecule has 9 heteroatoms. The van der Waals surface area contributed by atoms with Gasteiger partial charge in [-0.2, -0.15) is 0 Å². The zero-order chi connectivity index (χ0) is 40.6. The second-order valence-electron chi connectivity index (χ2n) is 15.8. The molecule has 0 aromatic carbocycles. The van der Waals surface area contributed by atoms with Gasteiger partial charge in [0, 0.05) is 6.42 Å². The molecule has 0 rings (SSSR count). The maximum absolute atomic E-state index is 12.7. The number of likely N-dealkylation sites (N-methyl/N-ethyl adjacent to an activating group) is 1. The number of carbonyl (C=O) groups excluding carboxylic acids is 1. The van der Waals surface area contributed by atoms with Crippen molar-refractivity contribution in [3.8, 4) is 0 Å². The van der Waals surface area contributed by atoms with E-state index < -0.39 is 19.9 Å². The van der Waals surface area contributed by atoms with Gasteiger partial charge < -0.3 is 18.9 Å². The van der Waals surface area contributed by atoms with E-state index in [1.54, 1.807) is 6.26 Å². The Hall–Kier alpha value is -1.96. The molecule has 0 fully saturated rings. The van der Waals surface area contributed by atoms with Gasteiger partial charge in [-0.1, -0.05) is 159 Å². The van der Waals surface area contributed by atoms with E-state index in [4.69, 9.17) is 18.5 Å². The third-order valence-electron chi connectivity index (χ3n) is 9.15. The zero-order valence-electron chi connectivity index (χ0n) is 36.1. The molecule has 0 aromatic heterocycles. The number of rotatable bonds is 40. The van der Waals surface area contributed by atoms with Crippen LogP contribution in [0, 0.1) is 0 Å². The summed E-state index contributed by atoms with van der Waals surface area (Å²) in [6.45, 7) is 4.84. The van der Waals surface area contributed by atoms with Crippen LogP contribution in [0.1, 0.15) is 174 Å². The van der Waals surface area contributed by atoms with Crippen LogP contribution in [0.25, 0.3) is 0 Å². The van der Waals surface area contributed by atoms with Gasteiger partial charge in [0.15, 0.2) is 6.10 Å². The average Bonchev–Trinajstić information content (AvgIpc) is 3.13. The molecule has 0 aliphatic carbocycles. The first-order chi connectivity index (χ1) is 26.6. The third-order valence-corrected chi connectivity index (χ3v) is 10.1. The van der Waals surface area contributed by atoms with Crippen molar-refractivity contribution in [2.45, 2.75) is 180 Å². The van der Waals surface area contributed by atoms with Gasteiger partial charge in [0.2, 0.25) is 0 Å². The van der Waals surface area contributed by atoms with E-state index in [0.29, 0.717) is 17.4 Å². The highest BCUT2D eigenvalue weighted by Crippen LogP contribution is 2.43. The van der Waals surface area contributed by atoms with Crippen LogP contribution < -0.4 is 0 Å². The average molecular weight is 795 g/mol. The fraction of sp³-hybridized carbons (Fsp3) is 0.761. The summed E-state index contributed by atoms with van der Waals surface area (Å²) in [5.41, 5.74) is 0. The number of hydrogen-bond donors (Lipinski definition) is 1. The number of phosphoric ester groups is 1. The summed E-state index contributed by atoms with van der Waals surface area (Å²) in [6, 6.07) is 0. The molecule has 2 atom stereocenters. The minimum Gasteiger partial charge on any atom is -0.498 e. The summed E-state index contributed by atoms with van der Waals surface area (Å²) >= 11 is 0. The number of quaternary nitrogens is 1. The highest BCUT2D eigenvalue weighted by molar-refractivity contribution is 7.47. The van der Waals surface area contributed by atoms with Crippen molar-refractivity contribution in [2.24, 2.45) is 0 Å². The standard InChI is InChI=1S/C46H84NO7P/c1-6-8-10-12-14-16-18-20-22-24-25-27-29-31-33-35-37-39-46(48)54-45(44-53-55(49,50)52-42-40-47(3,4)5)43-51-41-38-36-34-32-30-28-26-23-21-19-17-15-13-11-9-7-2/h14,16,20,22,25,27,31,33,38,41,45H,6-13,15,17-19,21,23-24,26,28-30,32,34-37,39-40,42-44H2,1-5H3/p+1/b16-14-,22-20-,27-25-,33-31-,41-38-/t45-/m1/s1. The normalized spacial score (nSPS) is 14.3. The van der Waals surface area contributed by atoms with Crippen LogP contribution in [0.15, 0.2) is 60.9 Å². The van der Waals surface area contributed by atoms with Gasteiger partial charge in [-0.3, -0.25) is 13.8 Å². The number of carbonyl (C=O) groups is 1. The molecule has 0 saturated heterocycles. The van der Waals surface area contributed by atoms with Gasteiger partial charge in [0.25, 0.3) is 0 Å². The third kappa shape index (κ3) is 43.0. The molecule has 0 aliphatic heterocycles. The number of phosphoric acid groups is 1. The molecule has 0 bridgehead atoms. The molecule has 1 unspecified atom stereocenters. The Morgan fingerprint density at radius 3 is 1.55 bits per heavy atom. The van der Waals surface area contributed by atoms with Crippen LogP contribution in [0.4, 0.5) is 0 Å². The molecular formula is C46H85NO7P+. The molecule has 0 heterocycles. The van der Waals surface area contributed by atoms with Crippen molar-refractivity contribution >= 4 is 13.8 Å². The van der Waals surface area contributed by atoms with E-state index >= 15 is 0 Å². The largest absolute Gasteiger partial charge is 0.498 e. The van der Waals surface area contributed by atoms with Crippen molar-refractivity contribution in [1.29, 1.82) is 0 Å². The van der Waals surface area contributed by atoms with Crippen LogP contribution in [-0.2, 0) is 27.9 Å². The Morgan fingerprint density at radius 1 is 0.582 bits per heavy atom.